The lowest BCUT2D eigenvalue weighted by atomic mass is 9.82. The Morgan fingerprint density at radius 1 is 1.37 bits per heavy atom. The van der Waals surface area contributed by atoms with Crippen LogP contribution in [0.4, 0.5) is 4.39 Å². The molecule has 0 N–H and O–H groups in total. The number of thiophene rings is 1. The van der Waals surface area contributed by atoms with E-state index in [2.05, 4.69) is 0 Å². The fourth-order valence-electron chi connectivity index (χ4n) is 2.63. The highest BCUT2D eigenvalue weighted by molar-refractivity contribution is 7.10. The summed E-state index contributed by atoms with van der Waals surface area (Å²) in [6.45, 7) is 0. The highest BCUT2D eigenvalue weighted by Crippen LogP contribution is 2.38. The normalized spacial score (nSPS) is 18.1. The number of benzene rings is 1. The van der Waals surface area contributed by atoms with Gasteiger partial charge in [0.2, 0.25) is 0 Å². The number of aryl methyl sites for hydroxylation is 1. The standard InChI is InChI=1S/C15H12ClFOS/c16-13-5-4-9(17)8-12(13)15(18)11-2-1-3-14-10(11)6-7-19-14/h4-8,11H,1-3H2. The summed E-state index contributed by atoms with van der Waals surface area (Å²) in [6.07, 6.45) is 2.85. The monoisotopic (exact) mass is 294 g/mol. The molecule has 0 saturated heterocycles. The highest BCUT2D eigenvalue weighted by Gasteiger charge is 2.29. The van der Waals surface area contributed by atoms with Crippen LogP contribution in [0.1, 0.15) is 39.6 Å². The Hall–Kier alpha value is -1.19. The van der Waals surface area contributed by atoms with E-state index in [1.807, 2.05) is 11.4 Å². The second-order valence-electron chi connectivity index (χ2n) is 4.73. The van der Waals surface area contributed by atoms with Crippen molar-refractivity contribution >= 4 is 28.7 Å². The zero-order valence-corrected chi connectivity index (χ0v) is 11.7. The van der Waals surface area contributed by atoms with Gasteiger partial charge in [-0.05, 0) is 54.5 Å². The fourth-order valence-corrected chi connectivity index (χ4v) is 3.83. The molecule has 3 rings (SSSR count). The van der Waals surface area contributed by atoms with Gasteiger partial charge in [-0.15, -0.1) is 11.3 Å². The molecule has 1 aliphatic carbocycles. The third-order valence-corrected chi connectivity index (χ3v) is 4.89. The summed E-state index contributed by atoms with van der Waals surface area (Å²) >= 11 is 7.72. The van der Waals surface area contributed by atoms with Crippen molar-refractivity contribution in [2.45, 2.75) is 25.2 Å². The van der Waals surface area contributed by atoms with Gasteiger partial charge < -0.3 is 0 Å². The van der Waals surface area contributed by atoms with E-state index < -0.39 is 5.82 Å². The molecule has 98 valence electrons. The van der Waals surface area contributed by atoms with Gasteiger partial charge in [0.05, 0.1) is 5.02 Å². The van der Waals surface area contributed by atoms with Crippen LogP contribution in [-0.2, 0) is 6.42 Å². The van der Waals surface area contributed by atoms with E-state index in [1.165, 1.54) is 23.1 Å². The molecule has 0 bridgehead atoms. The third-order valence-electron chi connectivity index (χ3n) is 3.56. The maximum atomic E-state index is 13.3. The summed E-state index contributed by atoms with van der Waals surface area (Å²) < 4.78 is 13.3. The molecule has 1 aliphatic rings. The summed E-state index contributed by atoms with van der Waals surface area (Å²) in [6, 6.07) is 5.97. The van der Waals surface area contributed by atoms with Crippen LogP contribution < -0.4 is 0 Å². The molecule has 19 heavy (non-hydrogen) atoms. The molecule has 1 atom stereocenters. The van der Waals surface area contributed by atoms with Crippen molar-refractivity contribution in [3.05, 3.63) is 56.5 Å². The topological polar surface area (TPSA) is 17.1 Å². The van der Waals surface area contributed by atoms with Crippen molar-refractivity contribution in [1.29, 1.82) is 0 Å². The number of ketones is 1. The molecule has 0 radical (unpaired) electrons. The molecule has 4 heteroatoms. The minimum absolute atomic E-state index is 0.0659. The molecule has 1 aromatic carbocycles. The number of rotatable bonds is 2. The maximum Gasteiger partial charge on any atom is 0.171 e. The van der Waals surface area contributed by atoms with Gasteiger partial charge in [-0.1, -0.05) is 11.6 Å². The van der Waals surface area contributed by atoms with E-state index in [-0.39, 0.29) is 11.7 Å². The fraction of sp³-hybridized carbons (Fsp3) is 0.267. The number of hydrogen-bond donors (Lipinski definition) is 0. The Bertz CT molecular complexity index is 635. The van der Waals surface area contributed by atoms with E-state index in [4.69, 9.17) is 11.6 Å². The molecule has 2 aromatic rings. The highest BCUT2D eigenvalue weighted by atomic mass is 35.5. The minimum Gasteiger partial charge on any atom is -0.293 e. The number of hydrogen-bond acceptors (Lipinski definition) is 2. The van der Waals surface area contributed by atoms with E-state index in [1.54, 1.807) is 11.3 Å². The largest absolute Gasteiger partial charge is 0.293 e. The molecule has 1 nitrogen and oxygen atoms in total. The average Bonchev–Trinajstić information content (AvgIpc) is 2.89. The van der Waals surface area contributed by atoms with Crippen LogP contribution in [0.2, 0.25) is 5.02 Å². The van der Waals surface area contributed by atoms with Crippen molar-refractivity contribution in [2.24, 2.45) is 0 Å². The summed E-state index contributed by atoms with van der Waals surface area (Å²) in [4.78, 5) is 13.9. The van der Waals surface area contributed by atoms with Gasteiger partial charge in [-0.25, -0.2) is 4.39 Å². The predicted octanol–water partition coefficient (Wildman–Crippen LogP) is 4.84. The molecular weight excluding hydrogens is 283 g/mol. The molecule has 0 aliphatic heterocycles. The molecule has 1 unspecified atom stereocenters. The SMILES string of the molecule is O=C(c1cc(F)ccc1Cl)C1CCCc2sccc21. The molecule has 0 spiro atoms. The van der Waals surface area contributed by atoms with Crippen molar-refractivity contribution in [2.75, 3.05) is 0 Å². The summed E-state index contributed by atoms with van der Waals surface area (Å²) in [7, 11) is 0. The zero-order valence-electron chi connectivity index (χ0n) is 10.2. The van der Waals surface area contributed by atoms with E-state index in [0.717, 1.165) is 24.8 Å². The van der Waals surface area contributed by atoms with Crippen molar-refractivity contribution in [3.8, 4) is 0 Å². The number of halogens is 2. The van der Waals surface area contributed by atoms with Crippen molar-refractivity contribution < 1.29 is 9.18 Å². The van der Waals surface area contributed by atoms with Gasteiger partial charge in [-0.3, -0.25) is 4.79 Å². The second-order valence-corrected chi connectivity index (χ2v) is 6.14. The lowest BCUT2D eigenvalue weighted by molar-refractivity contribution is 0.0951. The smallest absolute Gasteiger partial charge is 0.171 e. The van der Waals surface area contributed by atoms with E-state index in [0.29, 0.717) is 10.6 Å². The summed E-state index contributed by atoms with van der Waals surface area (Å²) in [5.74, 6) is -0.660. The number of carbonyl (C=O) groups excluding carboxylic acids is 1. The molecule has 1 heterocycles. The Kier molecular flexibility index (Phi) is 3.42. The Balaban J connectivity index is 2.00. The van der Waals surface area contributed by atoms with Gasteiger partial charge in [0.15, 0.2) is 5.78 Å². The minimum atomic E-state index is -0.422. The predicted molar refractivity (Wildman–Crippen MR) is 75.7 cm³/mol. The van der Waals surface area contributed by atoms with E-state index in [9.17, 15) is 9.18 Å². The van der Waals surface area contributed by atoms with Crippen LogP contribution in [0.15, 0.2) is 29.6 Å². The molecule has 1 aromatic heterocycles. The lowest BCUT2D eigenvalue weighted by Crippen LogP contribution is -2.17. The number of Topliss-reactive ketones (excluding diaryl/α,β-unsaturated/α-hetero) is 1. The molecule has 0 fully saturated rings. The maximum absolute atomic E-state index is 13.3. The van der Waals surface area contributed by atoms with Gasteiger partial charge in [-0.2, -0.15) is 0 Å². The van der Waals surface area contributed by atoms with Crippen molar-refractivity contribution in [1.82, 2.24) is 0 Å². The first-order valence-corrected chi connectivity index (χ1v) is 7.48. The summed E-state index contributed by atoms with van der Waals surface area (Å²) in [5, 5.41) is 2.34. The number of fused-ring (bicyclic) bond motifs is 1. The first-order valence-electron chi connectivity index (χ1n) is 6.22. The number of carbonyl (C=O) groups is 1. The van der Waals surface area contributed by atoms with E-state index >= 15 is 0 Å². The second kappa shape index (κ2) is 5.06. The zero-order chi connectivity index (χ0) is 13.4. The molecule has 0 amide bonds. The van der Waals surface area contributed by atoms with Crippen LogP contribution in [0.5, 0.6) is 0 Å². The lowest BCUT2D eigenvalue weighted by Gasteiger charge is -2.21. The van der Waals surface area contributed by atoms with Gasteiger partial charge in [0, 0.05) is 16.4 Å². The van der Waals surface area contributed by atoms with Crippen LogP contribution in [0.3, 0.4) is 0 Å². The van der Waals surface area contributed by atoms with Crippen LogP contribution in [0, 0.1) is 5.82 Å². The Labute approximate surface area is 120 Å². The quantitative estimate of drug-likeness (QED) is 0.724. The van der Waals surface area contributed by atoms with Crippen molar-refractivity contribution in [3.63, 3.8) is 0 Å². The van der Waals surface area contributed by atoms with Crippen LogP contribution in [0.25, 0.3) is 0 Å². The van der Waals surface area contributed by atoms with Crippen LogP contribution >= 0.6 is 22.9 Å². The summed E-state index contributed by atoms with van der Waals surface area (Å²) in [5.41, 5.74) is 1.40. The average molecular weight is 295 g/mol. The molecular formula is C15H12ClFOS. The Morgan fingerprint density at radius 3 is 3.05 bits per heavy atom. The first kappa shape index (κ1) is 12.8. The van der Waals surface area contributed by atoms with Crippen LogP contribution in [-0.4, -0.2) is 5.78 Å². The molecule has 0 saturated carbocycles. The van der Waals surface area contributed by atoms with Gasteiger partial charge in [0.25, 0.3) is 0 Å². The Morgan fingerprint density at radius 2 is 2.21 bits per heavy atom. The first-order chi connectivity index (χ1) is 9.16. The van der Waals surface area contributed by atoms with Gasteiger partial charge >= 0.3 is 0 Å². The van der Waals surface area contributed by atoms with Gasteiger partial charge in [0.1, 0.15) is 5.82 Å². The third kappa shape index (κ3) is 2.33.